The summed E-state index contributed by atoms with van der Waals surface area (Å²) in [5.41, 5.74) is 1.49. The monoisotopic (exact) mass is 310 g/mol. The molecule has 0 unspecified atom stereocenters. The lowest BCUT2D eigenvalue weighted by molar-refractivity contribution is -0.114. The summed E-state index contributed by atoms with van der Waals surface area (Å²) in [4.78, 5) is 11.8. The number of para-hydroxylation sites is 1. The number of aryl methyl sites for hydroxylation is 1. The van der Waals surface area contributed by atoms with Gasteiger partial charge in [0.1, 0.15) is 5.82 Å². The standard InChI is InChI=1S/C15H13ClF2N2O/c1-9-4-2-3-5-13(9)20-14(21)8-19-15-11(16)6-10(17)7-12(15)18/h2-7,19H,8H2,1H3,(H,20,21). The van der Waals surface area contributed by atoms with Crippen LogP contribution in [0.2, 0.25) is 5.02 Å². The van der Waals surface area contributed by atoms with Crippen LogP contribution in [0.5, 0.6) is 0 Å². The predicted molar refractivity (Wildman–Crippen MR) is 79.7 cm³/mol. The van der Waals surface area contributed by atoms with Crippen LogP contribution in [-0.2, 0) is 4.79 Å². The zero-order valence-electron chi connectivity index (χ0n) is 11.2. The summed E-state index contributed by atoms with van der Waals surface area (Å²) >= 11 is 5.73. The quantitative estimate of drug-likeness (QED) is 0.897. The Bertz CT molecular complexity index is 653. The second-order valence-corrected chi connectivity index (χ2v) is 4.87. The van der Waals surface area contributed by atoms with E-state index >= 15 is 0 Å². The first-order chi connectivity index (χ1) is 9.97. The van der Waals surface area contributed by atoms with E-state index in [4.69, 9.17) is 11.6 Å². The van der Waals surface area contributed by atoms with E-state index in [1.54, 1.807) is 12.1 Å². The second kappa shape index (κ2) is 6.54. The molecule has 2 aromatic rings. The van der Waals surface area contributed by atoms with Crippen LogP contribution in [0.15, 0.2) is 36.4 Å². The number of anilines is 2. The zero-order valence-corrected chi connectivity index (χ0v) is 12.0. The van der Waals surface area contributed by atoms with Gasteiger partial charge in [-0.1, -0.05) is 29.8 Å². The van der Waals surface area contributed by atoms with Gasteiger partial charge in [0.15, 0.2) is 5.82 Å². The lowest BCUT2D eigenvalue weighted by Crippen LogP contribution is -2.22. The zero-order chi connectivity index (χ0) is 15.4. The molecule has 1 amide bonds. The molecule has 2 aromatic carbocycles. The first-order valence-electron chi connectivity index (χ1n) is 6.21. The van der Waals surface area contributed by atoms with Crippen molar-refractivity contribution in [2.24, 2.45) is 0 Å². The molecule has 0 saturated carbocycles. The molecule has 0 aliphatic heterocycles. The molecule has 0 fully saturated rings. The Morgan fingerprint density at radius 3 is 2.62 bits per heavy atom. The van der Waals surface area contributed by atoms with Gasteiger partial charge in [0, 0.05) is 11.8 Å². The van der Waals surface area contributed by atoms with Gasteiger partial charge in [-0.3, -0.25) is 4.79 Å². The second-order valence-electron chi connectivity index (χ2n) is 4.46. The number of hydrogen-bond donors (Lipinski definition) is 2. The molecule has 0 atom stereocenters. The molecular formula is C15H13ClF2N2O. The molecule has 0 aromatic heterocycles. The van der Waals surface area contributed by atoms with E-state index in [0.717, 1.165) is 11.6 Å². The number of halogens is 3. The summed E-state index contributed by atoms with van der Waals surface area (Å²) < 4.78 is 26.4. The first-order valence-corrected chi connectivity index (χ1v) is 6.59. The Balaban J connectivity index is 2.01. The molecule has 2 N–H and O–H groups in total. The van der Waals surface area contributed by atoms with Crippen LogP contribution in [0.3, 0.4) is 0 Å². The van der Waals surface area contributed by atoms with Gasteiger partial charge in [-0.2, -0.15) is 0 Å². The Morgan fingerprint density at radius 2 is 1.95 bits per heavy atom. The number of carbonyl (C=O) groups excluding carboxylic acids is 1. The molecular weight excluding hydrogens is 298 g/mol. The van der Waals surface area contributed by atoms with E-state index in [1.807, 2.05) is 19.1 Å². The smallest absolute Gasteiger partial charge is 0.243 e. The summed E-state index contributed by atoms with van der Waals surface area (Å²) in [5, 5.41) is 5.14. The average Bonchev–Trinajstić information content (AvgIpc) is 2.40. The fourth-order valence-corrected chi connectivity index (χ4v) is 2.05. The SMILES string of the molecule is Cc1ccccc1NC(=O)CNc1c(F)cc(F)cc1Cl. The van der Waals surface area contributed by atoms with Gasteiger partial charge >= 0.3 is 0 Å². The van der Waals surface area contributed by atoms with Crippen LogP contribution < -0.4 is 10.6 Å². The lowest BCUT2D eigenvalue weighted by atomic mass is 10.2. The van der Waals surface area contributed by atoms with Crippen LogP contribution in [0.1, 0.15) is 5.56 Å². The van der Waals surface area contributed by atoms with Crippen molar-refractivity contribution in [3.8, 4) is 0 Å². The van der Waals surface area contributed by atoms with Crippen molar-refractivity contribution in [1.82, 2.24) is 0 Å². The highest BCUT2D eigenvalue weighted by Gasteiger charge is 2.11. The van der Waals surface area contributed by atoms with Crippen LogP contribution >= 0.6 is 11.6 Å². The van der Waals surface area contributed by atoms with E-state index in [0.29, 0.717) is 11.8 Å². The molecule has 21 heavy (non-hydrogen) atoms. The molecule has 3 nitrogen and oxygen atoms in total. The van der Waals surface area contributed by atoms with Crippen molar-refractivity contribution in [3.63, 3.8) is 0 Å². The van der Waals surface area contributed by atoms with Crippen molar-refractivity contribution < 1.29 is 13.6 Å². The third kappa shape index (κ3) is 3.92. The van der Waals surface area contributed by atoms with Crippen molar-refractivity contribution in [1.29, 1.82) is 0 Å². The number of benzene rings is 2. The summed E-state index contributed by atoms with van der Waals surface area (Å²) in [5.74, 6) is -1.97. The molecule has 6 heteroatoms. The molecule has 0 spiro atoms. The van der Waals surface area contributed by atoms with Gasteiger partial charge in [0.25, 0.3) is 0 Å². The Morgan fingerprint density at radius 1 is 1.24 bits per heavy atom. The normalized spacial score (nSPS) is 10.3. The molecule has 0 saturated heterocycles. The molecule has 2 rings (SSSR count). The summed E-state index contributed by atoms with van der Waals surface area (Å²) in [6, 6.07) is 8.96. The minimum Gasteiger partial charge on any atom is -0.373 e. The van der Waals surface area contributed by atoms with Gasteiger partial charge in [-0.05, 0) is 24.6 Å². The number of hydrogen-bond acceptors (Lipinski definition) is 2. The third-order valence-electron chi connectivity index (χ3n) is 2.85. The molecule has 0 aliphatic carbocycles. The molecule has 0 heterocycles. The molecule has 110 valence electrons. The van der Waals surface area contributed by atoms with E-state index in [-0.39, 0.29) is 23.2 Å². The van der Waals surface area contributed by atoms with E-state index in [9.17, 15) is 13.6 Å². The number of carbonyl (C=O) groups is 1. The van der Waals surface area contributed by atoms with Crippen LogP contribution in [0, 0.1) is 18.6 Å². The lowest BCUT2D eigenvalue weighted by Gasteiger charge is -2.11. The minimum atomic E-state index is -0.844. The van der Waals surface area contributed by atoms with E-state index in [1.165, 1.54) is 0 Å². The van der Waals surface area contributed by atoms with E-state index in [2.05, 4.69) is 10.6 Å². The summed E-state index contributed by atoms with van der Waals surface area (Å²) in [6.45, 7) is 1.68. The molecule has 0 bridgehead atoms. The summed E-state index contributed by atoms with van der Waals surface area (Å²) in [7, 11) is 0. The minimum absolute atomic E-state index is 0.0991. The van der Waals surface area contributed by atoms with Gasteiger partial charge in [0.05, 0.1) is 17.3 Å². The van der Waals surface area contributed by atoms with Crippen molar-refractivity contribution >= 4 is 28.9 Å². The van der Waals surface area contributed by atoms with Crippen LogP contribution in [0.25, 0.3) is 0 Å². The molecule has 0 radical (unpaired) electrons. The first kappa shape index (κ1) is 15.3. The Hall–Kier alpha value is -2.14. The average molecular weight is 311 g/mol. The number of rotatable bonds is 4. The van der Waals surface area contributed by atoms with E-state index < -0.39 is 11.6 Å². The largest absolute Gasteiger partial charge is 0.373 e. The maximum Gasteiger partial charge on any atom is 0.243 e. The highest BCUT2D eigenvalue weighted by Crippen LogP contribution is 2.26. The van der Waals surface area contributed by atoms with Crippen molar-refractivity contribution in [2.45, 2.75) is 6.92 Å². The van der Waals surface area contributed by atoms with Crippen molar-refractivity contribution in [3.05, 3.63) is 58.6 Å². The summed E-state index contributed by atoms with van der Waals surface area (Å²) in [6.07, 6.45) is 0. The van der Waals surface area contributed by atoms with Gasteiger partial charge in [-0.15, -0.1) is 0 Å². The topological polar surface area (TPSA) is 41.1 Å². The van der Waals surface area contributed by atoms with Gasteiger partial charge in [-0.25, -0.2) is 8.78 Å². The predicted octanol–water partition coefficient (Wildman–Crippen LogP) is 3.98. The Labute approximate surface area is 125 Å². The van der Waals surface area contributed by atoms with Gasteiger partial charge in [0.2, 0.25) is 5.91 Å². The maximum atomic E-state index is 13.5. The fourth-order valence-electron chi connectivity index (χ4n) is 1.79. The van der Waals surface area contributed by atoms with Crippen molar-refractivity contribution in [2.75, 3.05) is 17.2 Å². The van der Waals surface area contributed by atoms with Crippen LogP contribution in [0.4, 0.5) is 20.2 Å². The van der Waals surface area contributed by atoms with Gasteiger partial charge < -0.3 is 10.6 Å². The highest BCUT2D eigenvalue weighted by molar-refractivity contribution is 6.33. The molecule has 0 aliphatic rings. The Kier molecular flexibility index (Phi) is 4.75. The number of nitrogens with one attached hydrogen (secondary N) is 2. The number of amides is 1. The fraction of sp³-hybridized carbons (Fsp3) is 0.133. The van der Waals surface area contributed by atoms with Crippen LogP contribution in [-0.4, -0.2) is 12.5 Å². The third-order valence-corrected chi connectivity index (χ3v) is 3.15. The highest BCUT2D eigenvalue weighted by atomic mass is 35.5. The maximum absolute atomic E-state index is 13.5.